The van der Waals surface area contributed by atoms with E-state index in [1.54, 1.807) is 24.3 Å². The van der Waals surface area contributed by atoms with Crippen LogP contribution in [0.25, 0.3) is 0 Å². The Balaban J connectivity index is 1.65. The van der Waals surface area contributed by atoms with Crippen molar-refractivity contribution in [3.63, 3.8) is 0 Å². The Kier molecular flexibility index (Phi) is 6.05. The topological polar surface area (TPSA) is 109 Å². The van der Waals surface area contributed by atoms with Crippen LogP contribution < -0.4 is 10.0 Å². The van der Waals surface area contributed by atoms with Crippen molar-refractivity contribution in [1.82, 2.24) is 5.32 Å². The second-order valence-electron chi connectivity index (χ2n) is 6.67. The maximum absolute atomic E-state index is 12.6. The predicted molar refractivity (Wildman–Crippen MR) is 109 cm³/mol. The molecule has 7 nitrogen and oxygen atoms in total. The minimum absolute atomic E-state index is 0.0271. The van der Waals surface area contributed by atoms with E-state index in [1.807, 2.05) is 19.9 Å². The van der Waals surface area contributed by atoms with Crippen molar-refractivity contribution in [2.24, 2.45) is 0 Å². The Morgan fingerprint density at radius 1 is 1.07 bits per heavy atom. The highest BCUT2D eigenvalue weighted by Crippen LogP contribution is 2.19. The van der Waals surface area contributed by atoms with Gasteiger partial charge in [-0.05, 0) is 73.5 Å². The van der Waals surface area contributed by atoms with E-state index < -0.39 is 22.0 Å². The molecule has 3 rings (SSSR count). The zero-order chi connectivity index (χ0) is 21.0. The Hall–Kier alpha value is -3.10. The first-order chi connectivity index (χ1) is 13.8. The van der Waals surface area contributed by atoms with Gasteiger partial charge in [0.2, 0.25) is 0 Å². The fraction of sp³-hybridized carbons (Fsp3) is 0.190. The molecule has 0 saturated heterocycles. The number of nitrogens with one attached hydrogen (secondary N) is 2. The highest BCUT2D eigenvalue weighted by atomic mass is 32.2. The fourth-order valence-electron chi connectivity index (χ4n) is 2.68. The van der Waals surface area contributed by atoms with Gasteiger partial charge in [0, 0.05) is 11.3 Å². The average molecular weight is 414 g/mol. The smallest absolute Gasteiger partial charge is 0.261 e. The lowest BCUT2D eigenvalue weighted by molar-refractivity contribution is 0.0901. The lowest BCUT2D eigenvalue weighted by Gasteiger charge is -2.11. The molecule has 3 aromatic rings. The number of sulfonamides is 1. The van der Waals surface area contributed by atoms with Gasteiger partial charge < -0.3 is 14.8 Å². The maximum Gasteiger partial charge on any atom is 0.261 e. The van der Waals surface area contributed by atoms with E-state index in [0.29, 0.717) is 11.4 Å². The normalized spacial score (nSPS) is 12.4. The van der Waals surface area contributed by atoms with Gasteiger partial charge >= 0.3 is 0 Å². The van der Waals surface area contributed by atoms with Crippen molar-refractivity contribution in [2.45, 2.75) is 24.8 Å². The van der Waals surface area contributed by atoms with Crippen molar-refractivity contribution in [3.05, 3.63) is 83.3 Å². The van der Waals surface area contributed by atoms with Gasteiger partial charge in [-0.25, -0.2) is 8.42 Å². The summed E-state index contributed by atoms with van der Waals surface area (Å²) in [5, 5.41) is 12.5. The molecule has 3 N–H and O–H groups in total. The first-order valence-electron chi connectivity index (χ1n) is 8.96. The SMILES string of the molecule is Cc1ccc(NS(=O)(=O)c2ccc(C(=O)NCC(O)c3ccco3)cc2)cc1C. The molecule has 8 heteroatoms. The highest BCUT2D eigenvalue weighted by molar-refractivity contribution is 7.92. The Labute approximate surface area is 169 Å². The molecule has 29 heavy (non-hydrogen) atoms. The van der Waals surface area contributed by atoms with Crippen molar-refractivity contribution < 1.29 is 22.7 Å². The maximum atomic E-state index is 12.6. The lowest BCUT2D eigenvalue weighted by Crippen LogP contribution is -2.28. The van der Waals surface area contributed by atoms with Crippen LogP contribution in [0.5, 0.6) is 0 Å². The number of anilines is 1. The summed E-state index contributed by atoms with van der Waals surface area (Å²) in [6, 6.07) is 14.1. The van der Waals surface area contributed by atoms with Crippen LogP contribution in [0, 0.1) is 13.8 Å². The summed E-state index contributed by atoms with van der Waals surface area (Å²) in [5.74, 6) is -0.0779. The third kappa shape index (κ3) is 5.04. The number of rotatable bonds is 7. The molecule has 1 aromatic heterocycles. The van der Waals surface area contributed by atoms with Crippen LogP contribution in [0.2, 0.25) is 0 Å². The van der Waals surface area contributed by atoms with Crippen LogP contribution in [0.4, 0.5) is 5.69 Å². The van der Waals surface area contributed by atoms with Crippen LogP contribution >= 0.6 is 0 Å². The van der Waals surface area contributed by atoms with E-state index in [2.05, 4.69) is 10.0 Å². The molecule has 1 atom stereocenters. The molecule has 1 unspecified atom stereocenters. The van der Waals surface area contributed by atoms with E-state index in [9.17, 15) is 18.3 Å². The third-order valence-electron chi connectivity index (χ3n) is 4.51. The number of carbonyl (C=O) groups is 1. The number of aliphatic hydroxyl groups excluding tert-OH is 1. The molecule has 0 aliphatic rings. The van der Waals surface area contributed by atoms with E-state index in [0.717, 1.165) is 11.1 Å². The summed E-state index contributed by atoms with van der Waals surface area (Å²) in [5.41, 5.74) is 2.80. The largest absolute Gasteiger partial charge is 0.467 e. The summed E-state index contributed by atoms with van der Waals surface area (Å²) in [7, 11) is -3.77. The summed E-state index contributed by atoms with van der Waals surface area (Å²) in [6.07, 6.45) is 0.474. The number of hydrogen-bond acceptors (Lipinski definition) is 5. The Morgan fingerprint density at radius 2 is 1.79 bits per heavy atom. The molecule has 152 valence electrons. The van der Waals surface area contributed by atoms with Gasteiger partial charge in [0.1, 0.15) is 11.9 Å². The minimum Gasteiger partial charge on any atom is -0.467 e. The van der Waals surface area contributed by atoms with E-state index in [-0.39, 0.29) is 17.0 Å². The second kappa shape index (κ2) is 8.50. The van der Waals surface area contributed by atoms with Gasteiger partial charge in [0.25, 0.3) is 15.9 Å². The molecule has 0 spiro atoms. The standard InChI is InChI=1S/C21H22N2O5S/c1-14-5-8-17(12-15(14)2)23-29(26,27)18-9-6-16(7-10-18)21(25)22-13-19(24)20-4-3-11-28-20/h3-12,19,23-24H,13H2,1-2H3,(H,22,25). The third-order valence-corrected chi connectivity index (χ3v) is 5.91. The van der Waals surface area contributed by atoms with Crippen molar-refractivity contribution in [1.29, 1.82) is 0 Å². The average Bonchev–Trinajstić information content (AvgIpc) is 3.23. The Morgan fingerprint density at radius 3 is 2.41 bits per heavy atom. The van der Waals surface area contributed by atoms with E-state index >= 15 is 0 Å². The number of aliphatic hydroxyl groups is 1. The van der Waals surface area contributed by atoms with Gasteiger partial charge in [-0.1, -0.05) is 6.07 Å². The lowest BCUT2D eigenvalue weighted by atomic mass is 10.1. The Bertz CT molecular complexity index is 1090. The molecule has 2 aromatic carbocycles. The monoisotopic (exact) mass is 414 g/mol. The second-order valence-corrected chi connectivity index (χ2v) is 8.35. The van der Waals surface area contributed by atoms with Crippen molar-refractivity contribution in [3.8, 4) is 0 Å². The summed E-state index contributed by atoms with van der Waals surface area (Å²) >= 11 is 0. The molecule has 0 bridgehead atoms. The number of aryl methyl sites for hydroxylation is 2. The molecule has 0 aliphatic carbocycles. The fourth-order valence-corrected chi connectivity index (χ4v) is 3.73. The van der Waals surface area contributed by atoms with Crippen LogP contribution in [0.1, 0.15) is 33.3 Å². The van der Waals surface area contributed by atoms with Crippen LogP contribution in [-0.2, 0) is 10.0 Å². The molecule has 0 saturated carbocycles. The van der Waals surface area contributed by atoms with Crippen molar-refractivity contribution in [2.75, 3.05) is 11.3 Å². The van der Waals surface area contributed by atoms with Crippen molar-refractivity contribution >= 4 is 21.6 Å². The highest BCUT2D eigenvalue weighted by Gasteiger charge is 2.17. The zero-order valence-corrected chi connectivity index (χ0v) is 16.9. The van der Waals surface area contributed by atoms with E-state index in [1.165, 1.54) is 30.5 Å². The summed E-state index contributed by atoms with van der Waals surface area (Å²) in [6.45, 7) is 3.83. The van der Waals surface area contributed by atoms with Gasteiger partial charge in [-0.3, -0.25) is 9.52 Å². The molecule has 0 aliphatic heterocycles. The predicted octanol–water partition coefficient (Wildman–Crippen LogP) is 3.16. The number of benzene rings is 2. The summed E-state index contributed by atoms with van der Waals surface area (Å²) in [4.78, 5) is 12.3. The quantitative estimate of drug-likeness (QED) is 0.550. The van der Waals surface area contributed by atoms with Crippen LogP contribution in [0.15, 0.2) is 70.2 Å². The van der Waals surface area contributed by atoms with E-state index in [4.69, 9.17) is 4.42 Å². The number of hydrogen-bond donors (Lipinski definition) is 3. The van der Waals surface area contributed by atoms with Crippen LogP contribution in [-0.4, -0.2) is 26.0 Å². The summed E-state index contributed by atoms with van der Waals surface area (Å²) < 4.78 is 32.7. The number of amides is 1. The molecule has 0 fully saturated rings. The molecular weight excluding hydrogens is 392 g/mol. The molecule has 1 heterocycles. The molecule has 1 amide bonds. The first-order valence-corrected chi connectivity index (χ1v) is 10.4. The molecule has 0 radical (unpaired) electrons. The first kappa shape index (κ1) is 20.6. The van der Waals surface area contributed by atoms with Gasteiger partial charge in [0.05, 0.1) is 17.7 Å². The van der Waals surface area contributed by atoms with Crippen LogP contribution in [0.3, 0.4) is 0 Å². The number of furan rings is 1. The number of carbonyl (C=O) groups excluding carboxylic acids is 1. The van der Waals surface area contributed by atoms with Gasteiger partial charge in [0.15, 0.2) is 0 Å². The zero-order valence-electron chi connectivity index (χ0n) is 16.0. The van der Waals surface area contributed by atoms with Gasteiger partial charge in [-0.15, -0.1) is 0 Å². The van der Waals surface area contributed by atoms with Gasteiger partial charge in [-0.2, -0.15) is 0 Å². The minimum atomic E-state index is -3.77. The molecular formula is C21H22N2O5S.